The molecule has 1 heterocycles. The van der Waals surface area contributed by atoms with Gasteiger partial charge in [-0.1, -0.05) is 18.2 Å². The number of halogens is 2. The number of benzene rings is 2. The zero-order valence-electron chi connectivity index (χ0n) is 13.7. The zero-order chi connectivity index (χ0) is 17.8. The standard InChI is InChI=1S/C19H20F2N2O2/c20-15-9-14(10-16(21)11-15)19(25)22-18-4-2-1-3-13(18)12-23-7-5-17(24)6-8-23/h1-4,9-11,17,24H,5-8,12H2,(H,22,25). The molecule has 25 heavy (non-hydrogen) atoms. The van der Waals surface area contributed by atoms with Crippen molar-refractivity contribution in [2.24, 2.45) is 0 Å². The predicted octanol–water partition coefficient (Wildman–Crippen LogP) is 3.17. The van der Waals surface area contributed by atoms with Crippen LogP contribution in [0, 0.1) is 11.6 Å². The van der Waals surface area contributed by atoms with Crippen molar-refractivity contribution in [2.75, 3.05) is 18.4 Å². The van der Waals surface area contributed by atoms with Gasteiger partial charge in [0, 0.05) is 37.0 Å². The normalized spacial score (nSPS) is 16.0. The van der Waals surface area contributed by atoms with Crippen molar-refractivity contribution in [3.63, 3.8) is 0 Å². The maximum atomic E-state index is 13.3. The largest absolute Gasteiger partial charge is 0.393 e. The van der Waals surface area contributed by atoms with Crippen LogP contribution in [0.15, 0.2) is 42.5 Å². The first-order valence-corrected chi connectivity index (χ1v) is 8.27. The SMILES string of the molecule is O=C(Nc1ccccc1CN1CCC(O)CC1)c1cc(F)cc(F)c1. The summed E-state index contributed by atoms with van der Waals surface area (Å²) in [6.45, 7) is 2.22. The number of hydrogen-bond donors (Lipinski definition) is 2. The first-order valence-electron chi connectivity index (χ1n) is 8.27. The Morgan fingerprint density at radius 2 is 1.76 bits per heavy atom. The molecule has 0 atom stereocenters. The van der Waals surface area contributed by atoms with Crippen LogP contribution in [-0.2, 0) is 6.54 Å². The number of likely N-dealkylation sites (tertiary alicyclic amines) is 1. The summed E-state index contributed by atoms with van der Waals surface area (Å²) in [5.74, 6) is -2.13. The van der Waals surface area contributed by atoms with E-state index in [2.05, 4.69) is 10.2 Å². The molecule has 2 aromatic carbocycles. The molecule has 0 spiro atoms. The zero-order valence-corrected chi connectivity index (χ0v) is 13.7. The molecule has 132 valence electrons. The number of rotatable bonds is 4. The first-order chi connectivity index (χ1) is 12.0. The molecule has 0 saturated carbocycles. The van der Waals surface area contributed by atoms with Crippen LogP contribution in [0.5, 0.6) is 0 Å². The van der Waals surface area contributed by atoms with E-state index in [0.29, 0.717) is 12.2 Å². The van der Waals surface area contributed by atoms with Crippen LogP contribution in [0.4, 0.5) is 14.5 Å². The van der Waals surface area contributed by atoms with Crippen LogP contribution in [-0.4, -0.2) is 35.1 Å². The lowest BCUT2D eigenvalue weighted by Crippen LogP contribution is -2.35. The second-order valence-electron chi connectivity index (χ2n) is 6.28. The summed E-state index contributed by atoms with van der Waals surface area (Å²) in [5.41, 5.74) is 1.47. The van der Waals surface area contributed by atoms with Gasteiger partial charge in [0.25, 0.3) is 5.91 Å². The minimum Gasteiger partial charge on any atom is -0.393 e. The second-order valence-corrected chi connectivity index (χ2v) is 6.28. The number of aliphatic hydroxyl groups excluding tert-OH is 1. The van der Waals surface area contributed by atoms with Gasteiger partial charge in [-0.25, -0.2) is 8.78 Å². The van der Waals surface area contributed by atoms with E-state index in [1.54, 1.807) is 12.1 Å². The highest BCUT2D eigenvalue weighted by molar-refractivity contribution is 6.04. The second kappa shape index (κ2) is 7.72. The van der Waals surface area contributed by atoms with Crippen molar-refractivity contribution in [3.05, 3.63) is 65.2 Å². The van der Waals surface area contributed by atoms with Gasteiger partial charge >= 0.3 is 0 Å². The third kappa shape index (κ3) is 4.61. The van der Waals surface area contributed by atoms with E-state index < -0.39 is 17.5 Å². The highest BCUT2D eigenvalue weighted by Crippen LogP contribution is 2.21. The maximum Gasteiger partial charge on any atom is 0.255 e. The highest BCUT2D eigenvalue weighted by Gasteiger charge is 2.18. The van der Waals surface area contributed by atoms with Gasteiger partial charge in [0.05, 0.1) is 6.10 Å². The van der Waals surface area contributed by atoms with Crippen molar-refractivity contribution >= 4 is 11.6 Å². The molecule has 0 aromatic heterocycles. The third-order valence-electron chi connectivity index (χ3n) is 4.34. The van der Waals surface area contributed by atoms with Crippen LogP contribution in [0.1, 0.15) is 28.8 Å². The number of hydrogen-bond acceptors (Lipinski definition) is 3. The van der Waals surface area contributed by atoms with E-state index in [-0.39, 0.29) is 11.7 Å². The number of carbonyl (C=O) groups excluding carboxylic acids is 1. The minimum atomic E-state index is -0.787. The van der Waals surface area contributed by atoms with E-state index >= 15 is 0 Å². The Bertz CT molecular complexity index is 739. The number of nitrogens with zero attached hydrogens (tertiary/aromatic N) is 1. The van der Waals surface area contributed by atoms with E-state index in [1.807, 2.05) is 12.1 Å². The predicted molar refractivity (Wildman–Crippen MR) is 91.3 cm³/mol. The third-order valence-corrected chi connectivity index (χ3v) is 4.34. The Kier molecular flexibility index (Phi) is 5.40. The molecule has 0 unspecified atom stereocenters. The number of carbonyl (C=O) groups is 1. The number of nitrogens with one attached hydrogen (secondary N) is 1. The molecule has 2 aromatic rings. The fourth-order valence-corrected chi connectivity index (χ4v) is 2.98. The molecule has 4 nitrogen and oxygen atoms in total. The summed E-state index contributed by atoms with van der Waals surface area (Å²) < 4.78 is 26.6. The van der Waals surface area contributed by atoms with Crippen LogP contribution in [0.3, 0.4) is 0 Å². The Morgan fingerprint density at radius 3 is 2.44 bits per heavy atom. The van der Waals surface area contributed by atoms with Crippen LogP contribution >= 0.6 is 0 Å². The molecule has 1 aliphatic rings. The topological polar surface area (TPSA) is 52.6 Å². The molecule has 3 rings (SSSR count). The molecule has 1 saturated heterocycles. The summed E-state index contributed by atoms with van der Waals surface area (Å²) >= 11 is 0. The molecule has 1 amide bonds. The van der Waals surface area contributed by atoms with Gasteiger partial charge in [-0.15, -0.1) is 0 Å². The Morgan fingerprint density at radius 1 is 1.12 bits per heavy atom. The van der Waals surface area contributed by atoms with Gasteiger partial charge in [-0.3, -0.25) is 9.69 Å². The lowest BCUT2D eigenvalue weighted by molar-refractivity contribution is 0.0793. The molecule has 2 N–H and O–H groups in total. The fraction of sp³-hybridized carbons (Fsp3) is 0.316. The minimum absolute atomic E-state index is 0.0617. The Labute approximate surface area is 145 Å². The average Bonchev–Trinajstić information content (AvgIpc) is 2.58. The number of piperidine rings is 1. The summed E-state index contributed by atoms with van der Waals surface area (Å²) in [6.07, 6.45) is 1.22. The molecule has 0 radical (unpaired) electrons. The van der Waals surface area contributed by atoms with Gasteiger partial charge in [0.1, 0.15) is 11.6 Å². The quantitative estimate of drug-likeness (QED) is 0.894. The molecule has 6 heteroatoms. The van der Waals surface area contributed by atoms with E-state index in [1.165, 1.54) is 0 Å². The molecule has 1 fully saturated rings. The van der Waals surface area contributed by atoms with Crippen molar-refractivity contribution in [3.8, 4) is 0 Å². The molecular formula is C19H20F2N2O2. The lowest BCUT2D eigenvalue weighted by Gasteiger charge is -2.30. The number of anilines is 1. The fourth-order valence-electron chi connectivity index (χ4n) is 2.98. The first kappa shape index (κ1) is 17.5. The van der Waals surface area contributed by atoms with Crippen LogP contribution in [0.2, 0.25) is 0 Å². The van der Waals surface area contributed by atoms with Gasteiger partial charge in [-0.05, 0) is 36.6 Å². The summed E-state index contributed by atoms with van der Waals surface area (Å²) in [7, 11) is 0. The van der Waals surface area contributed by atoms with Gasteiger partial charge < -0.3 is 10.4 Å². The van der Waals surface area contributed by atoms with Crippen molar-refractivity contribution < 1.29 is 18.7 Å². The maximum absolute atomic E-state index is 13.3. The Hall–Kier alpha value is -2.31. The number of amides is 1. The van der Waals surface area contributed by atoms with Crippen LogP contribution < -0.4 is 5.32 Å². The van der Waals surface area contributed by atoms with Crippen LogP contribution in [0.25, 0.3) is 0 Å². The number of aliphatic hydroxyl groups is 1. The van der Waals surface area contributed by atoms with E-state index in [0.717, 1.165) is 49.7 Å². The number of para-hydroxylation sites is 1. The molecule has 1 aliphatic heterocycles. The van der Waals surface area contributed by atoms with Crippen molar-refractivity contribution in [1.29, 1.82) is 0 Å². The van der Waals surface area contributed by atoms with Gasteiger partial charge in [0.2, 0.25) is 0 Å². The average molecular weight is 346 g/mol. The molecular weight excluding hydrogens is 326 g/mol. The van der Waals surface area contributed by atoms with E-state index in [9.17, 15) is 18.7 Å². The lowest BCUT2D eigenvalue weighted by atomic mass is 10.1. The monoisotopic (exact) mass is 346 g/mol. The molecule has 0 aliphatic carbocycles. The highest BCUT2D eigenvalue weighted by atomic mass is 19.1. The van der Waals surface area contributed by atoms with Crippen molar-refractivity contribution in [1.82, 2.24) is 4.90 Å². The summed E-state index contributed by atoms with van der Waals surface area (Å²) in [6, 6.07) is 10.1. The smallest absolute Gasteiger partial charge is 0.255 e. The molecule has 0 bridgehead atoms. The van der Waals surface area contributed by atoms with E-state index in [4.69, 9.17) is 0 Å². The summed E-state index contributed by atoms with van der Waals surface area (Å²) in [5, 5.41) is 12.3. The van der Waals surface area contributed by atoms with Gasteiger partial charge in [0.15, 0.2) is 0 Å². The van der Waals surface area contributed by atoms with Gasteiger partial charge in [-0.2, -0.15) is 0 Å². The summed E-state index contributed by atoms with van der Waals surface area (Å²) in [4.78, 5) is 14.5. The van der Waals surface area contributed by atoms with Crippen molar-refractivity contribution in [2.45, 2.75) is 25.5 Å². The Balaban J connectivity index is 1.73.